The molecule has 6 nitrogen and oxygen atoms in total. The molecule has 0 aromatic heterocycles. The molecule has 2 heterocycles. The fourth-order valence-corrected chi connectivity index (χ4v) is 3.95. The molecule has 2 fully saturated rings. The number of hydrogen-bond acceptors (Lipinski definition) is 6. The Morgan fingerprint density at radius 2 is 1.09 bits per heavy atom. The maximum absolute atomic E-state index is 13.0. The first kappa shape index (κ1) is 22.5. The first-order valence-electron chi connectivity index (χ1n) is 11.2. The van der Waals surface area contributed by atoms with Crippen LogP contribution in [0.1, 0.15) is 47.4 Å². The molecule has 2 saturated heterocycles. The molecule has 32 heavy (non-hydrogen) atoms. The Kier molecular flexibility index (Phi) is 6.63. The van der Waals surface area contributed by atoms with Crippen molar-refractivity contribution < 1.29 is 28.5 Å². The van der Waals surface area contributed by atoms with Crippen molar-refractivity contribution in [1.82, 2.24) is 0 Å². The third kappa shape index (κ3) is 4.43. The molecule has 0 spiro atoms. The quantitative estimate of drug-likeness (QED) is 0.536. The Labute approximate surface area is 188 Å². The highest BCUT2D eigenvalue weighted by Crippen LogP contribution is 2.34. The maximum atomic E-state index is 13.0. The summed E-state index contributed by atoms with van der Waals surface area (Å²) in [7, 11) is 0. The normalized spacial score (nSPS) is 18.2. The van der Waals surface area contributed by atoms with Crippen LogP contribution in [0.25, 0.3) is 11.1 Å². The Morgan fingerprint density at radius 1 is 0.719 bits per heavy atom. The topological polar surface area (TPSA) is 71.1 Å². The lowest BCUT2D eigenvalue weighted by Gasteiger charge is -2.40. The van der Waals surface area contributed by atoms with Crippen molar-refractivity contribution in [3.63, 3.8) is 0 Å². The highest BCUT2D eigenvalue weighted by Gasteiger charge is 2.39. The summed E-state index contributed by atoms with van der Waals surface area (Å²) in [5.74, 6) is -0.805. The molecular formula is C26H30O6. The Bertz CT molecular complexity index is 883. The zero-order chi connectivity index (χ0) is 22.6. The molecule has 0 bridgehead atoms. The highest BCUT2D eigenvalue weighted by atomic mass is 16.6. The molecule has 0 amide bonds. The molecule has 0 aliphatic carbocycles. The predicted octanol–water partition coefficient (Wildman–Crippen LogP) is 4.52. The molecule has 4 rings (SSSR count). The fraction of sp³-hybridized carbons (Fsp3) is 0.462. The number of esters is 2. The summed E-state index contributed by atoms with van der Waals surface area (Å²) in [6.07, 6.45) is 1.78. The number of benzene rings is 2. The van der Waals surface area contributed by atoms with Crippen LogP contribution >= 0.6 is 0 Å². The molecule has 170 valence electrons. The fourth-order valence-electron chi connectivity index (χ4n) is 3.95. The van der Waals surface area contributed by atoms with Crippen molar-refractivity contribution >= 4 is 11.9 Å². The standard InChI is InChI=1S/C26H30O6/c1-3-25(13-29-14-25)17-31-23(27)21-11-7-5-9-19(21)20-10-6-8-12-22(20)24(28)32-18-26(4-2)15-30-16-26/h5-12H,3-4,13-18H2,1-2H3. The summed E-state index contributed by atoms with van der Waals surface area (Å²) in [6, 6.07) is 14.4. The third-order valence-corrected chi connectivity index (χ3v) is 6.74. The van der Waals surface area contributed by atoms with Gasteiger partial charge in [0.1, 0.15) is 13.2 Å². The van der Waals surface area contributed by atoms with Gasteiger partial charge in [0.05, 0.1) is 48.4 Å². The van der Waals surface area contributed by atoms with E-state index in [1.165, 1.54) is 0 Å². The van der Waals surface area contributed by atoms with Crippen LogP contribution in [0, 0.1) is 10.8 Å². The molecule has 2 aromatic rings. The van der Waals surface area contributed by atoms with Crippen LogP contribution in [0.2, 0.25) is 0 Å². The van der Waals surface area contributed by atoms with Crippen LogP contribution in [0.3, 0.4) is 0 Å². The van der Waals surface area contributed by atoms with E-state index in [1.54, 1.807) is 24.3 Å². The van der Waals surface area contributed by atoms with Crippen LogP contribution in [0.4, 0.5) is 0 Å². The minimum absolute atomic E-state index is 0.0905. The van der Waals surface area contributed by atoms with E-state index < -0.39 is 11.9 Å². The second kappa shape index (κ2) is 9.43. The van der Waals surface area contributed by atoms with Crippen molar-refractivity contribution in [1.29, 1.82) is 0 Å². The van der Waals surface area contributed by atoms with Crippen LogP contribution < -0.4 is 0 Å². The van der Waals surface area contributed by atoms with E-state index >= 15 is 0 Å². The summed E-state index contributed by atoms with van der Waals surface area (Å²) in [4.78, 5) is 25.9. The van der Waals surface area contributed by atoms with E-state index in [0.717, 1.165) is 12.8 Å². The highest BCUT2D eigenvalue weighted by molar-refractivity contribution is 6.03. The van der Waals surface area contributed by atoms with Gasteiger partial charge in [-0.2, -0.15) is 0 Å². The largest absolute Gasteiger partial charge is 0.461 e. The van der Waals surface area contributed by atoms with Gasteiger partial charge in [0.2, 0.25) is 0 Å². The van der Waals surface area contributed by atoms with E-state index in [0.29, 0.717) is 61.9 Å². The van der Waals surface area contributed by atoms with Gasteiger partial charge in [-0.05, 0) is 36.1 Å². The van der Waals surface area contributed by atoms with Crippen molar-refractivity contribution in [2.45, 2.75) is 26.7 Å². The average Bonchev–Trinajstić information content (AvgIpc) is 2.78. The summed E-state index contributed by atoms with van der Waals surface area (Å²) < 4.78 is 22.0. The van der Waals surface area contributed by atoms with Gasteiger partial charge in [0.15, 0.2) is 0 Å². The van der Waals surface area contributed by atoms with Gasteiger partial charge in [0, 0.05) is 0 Å². The number of carbonyl (C=O) groups excluding carboxylic acids is 2. The second-order valence-electron chi connectivity index (χ2n) is 8.94. The molecule has 0 N–H and O–H groups in total. The third-order valence-electron chi connectivity index (χ3n) is 6.74. The smallest absolute Gasteiger partial charge is 0.338 e. The first-order valence-corrected chi connectivity index (χ1v) is 11.2. The van der Waals surface area contributed by atoms with Crippen LogP contribution in [0.5, 0.6) is 0 Å². The summed E-state index contributed by atoms with van der Waals surface area (Å²) >= 11 is 0. The van der Waals surface area contributed by atoms with Gasteiger partial charge in [-0.15, -0.1) is 0 Å². The summed E-state index contributed by atoms with van der Waals surface area (Å²) in [5, 5.41) is 0. The molecule has 0 radical (unpaired) electrons. The molecule has 2 aliphatic heterocycles. The van der Waals surface area contributed by atoms with Gasteiger partial charge in [-0.3, -0.25) is 0 Å². The van der Waals surface area contributed by atoms with Gasteiger partial charge < -0.3 is 18.9 Å². The van der Waals surface area contributed by atoms with Crippen molar-refractivity contribution in [2.75, 3.05) is 39.6 Å². The van der Waals surface area contributed by atoms with Crippen molar-refractivity contribution in [3.8, 4) is 11.1 Å². The maximum Gasteiger partial charge on any atom is 0.338 e. The molecule has 0 atom stereocenters. The molecule has 2 aromatic carbocycles. The zero-order valence-electron chi connectivity index (χ0n) is 18.7. The van der Waals surface area contributed by atoms with E-state index in [-0.39, 0.29) is 10.8 Å². The Hall–Kier alpha value is -2.70. The number of carbonyl (C=O) groups is 2. The van der Waals surface area contributed by atoms with E-state index in [4.69, 9.17) is 18.9 Å². The molecule has 0 unspecified atom stereocenters. The predicted molar refractivity (Wildman–Crippen MR) is 120 cm³/mol. The Morgan fingerprint density at radius 3 is 1.41 bits per heavy atom. The number of rotatable bonds is 9. The number of hydrogen-bond donors (Lipinski definition) is 0. The van der Waals surface area contributed by atoms with Gasteiger partial charge >= 0.3 is 11.9 Å². The SMILES string of the molecule is CCC1(COC(=O)c2ccccc2-c2ccccc2C(=O)OCC2(CC)COC2)COC1. The van der Waals surface area contributed by atoms with Gasteiger partial charge in [-0.25, -0.2) is 9.59 Å². The van der Waals surface area contributed by atoms with Crippen molar-refractivity contribution in [3.05, 3.63) is 59.7 Å². The van der Waals surface area contributed by atoms with E-state index in [2.05, 4.69) is 13.8 Å². The number of ether oxygens (including phenoxy) is 4. The van der Waals surface area contributed by atoms with Crippen molar-refractivity contribution in [2.24, 2.45) is 10.8 Å². The zero-order valence-corrected chi connectivity index (χ0v) is 18.7. The first-order chi connectivity index (χ1) is 15.5. The monoisotopic (exact) mass is 438 g/mol. The lowest BCUT2D eigenvalue weighted by atomic mass is 9.84. The molecular weight excluding hydrogens is 408 g/mol. The van der Waals surface area contributed by atoms with Gasteiger partial charge in [0.25, 0.3) is 0 Å². The minimum Gasteiger partial charge on any atom is -0.461 e. The molecule has 6 heteroatoms. The minimum atomic E-state index is -0.403. The molecule has 2 aliphatic rings. The van der Waals surface area contributed by atoms with Crippen LogP contribution in [0.15, 0.2) is 48.5 Å². The molecule has 0 saturated carbocycles. The summed E-state index contributed by atoms with van der Waals surface area (Å²) in [5.41, 5.74) is 1.98. The summed E-state index contributed by atoms with van der Waals surface area (Å²) in [6.45, 7) is 7.22. The van der Waals surface area contributed by atoms with E-state index in [9.17, 15) is 9.59 Å². The second-order valence-corrected chi connectivity index (χ2v) is 8.94. The Balaban J connectivity index is 1.54. The average molecular weight is 439 g/mol. The lowest BCUT2D eigenvalue weighted by Crippen LogP contribution is -2.46. The van der Waals surface area contributed by atoms with Crippen LogP contribution in [-0.4, -0.2) is 51.6 Å². The van der Waals surface area contributed by atoms with Crippen LogP contribution in [-0.2, 0) is 18.9 Å². The van der Waals surface area contributed by atoms with E-state index in [1.807, 2.05) is 24.3 Å². The van der Waals surface area contributed by atoms with Gasteiger partial charge in [-0.1, -0.05) is 50.2 Å². The lowest BCUT2D eigenvalue weighted by molar-refractivity contribution is -0.140.